The van der Waals surface area contributed by atoms with E-state index in [9.17, 15) is 14.4 Å². The van der Waals surface area contributed by atoms with Crippen LogP contribution in [0.15, 0.2) is 0 Å². The number of unbranched alkanes of at least 4 members (excludes halogenated alkanes) is 9. The lowest BCUT2D eigenvalue weighted by Gasteiger charge is -2.12. The van der Waals surface area contributed by atoms with Crippen molar-refractivity contribution < 1.29 is 14.4 Å². The summed E-state index contributed by atoms with van der Waals surface area (Å²) in [7, 11) is 0. The fourth-order valence-electron chi connectivity index (χ4n) is 3.15. The van der Waals surface area contributed by atoms with Crippen molar-refractivity contribution in [1.82, 2.24) is 4.90 Å². The summed E-state index contributed by atoms with van der Waals surface area (Å²) >= 11 is 5.27. The van der Waals surface area contributed by atoms with Crippen LogP contribution in [0.25, 0.3) is 0 Å². The average molecular weight is 344 g/mol. The molecule has 0 aromatic heterocycles. The third kappa shape index (κ3) is 7.96. The Morgan fingerprint density at radius 3 is 2.04 bits per heavy atom. The summed E-state index contributed by atoms with van der Waals surface area (Å²) in [5.74, 6) is -0.728. The third-order valence-corrected chi connectivity index (χ3v) is 4.65. The first-order valence-electron chi connectivity index (χ1n) is 9.08. The Balaban J connectivity index is 2.05. The van der Waals surface area contributed by atoms with Gasteiger partial charge in [0.25, 0.3) is 0 Å². The van der Waals surface area contributed by atoms with Crippen molar-refractivity contribution in [3.05, 3.63) is 0 Å². The van der Waals surface area contributed by atoms with E-state index in [-0.39, 0.29) is 30.7 Å². The molecule has 0 aromatic rings. The van der Waals surface area contributed by atoms with E-state index in [1.165, 1.54) is 51.4 Å². The molecule has 1 saturated heterocycles. The van der Waals surface area contributed by atoms with Crippen LogP contribution < -0.4 is 0 Å². The van der Waals surface area contributed by atoms with E-state index in [1.807, 2.05) is 0 Å². The highest BCUT2D eigenvalue weighted by Gasteiger charge is 2.38. The van der Waals surface area contributed by atoms with Gasteiger partial charge in [0.1, 0.15) is 6.54 Å². The van der Waals surface area contributed by atoms with Crippen LogP contribution in [0, 0.1) is 5.92 Å². The zero-order chi connectivity index (χ0) is 17.1. The van der Waals surface area contributed by atoms with Crippen LogP contribution in [0.5, 0.6) is 0 Å². The molecule has 23 heavy (non-hydrogen) atoms. The summed E-state index contributed by atoms with van der Waals surface area (Å²) in [6.45, 7) is 1.95. The standard InChI is InChI=1S/C18H30ClNO3/c1-2-3-4-5-6-7-8-9-10-11-12-15-13-17(22)20(18(15)23)14-16(19)21/h15H,2-14H2,1H3. The third-order valence-electron chi connectivity index (χ3n) is 4.53. The number of carbonyl (C=O) groups excluding carboxylic acids is 3. The monoisotopic (exact) mass is 343 g/mol. The summed E-state index contributed by atoms with van der Waals surface area (Å²) in [5.41, 5.74) is 0. The Morgan fingerprint density at radius 1 is 1.00 bits per heavy atom. The Hall–Kier alpha value is -0.900. The summed E-state index contributed by atoms with van der Waals surface area (Å²) in [6, 6.07) is 0. The molecule has 0 spiro atoms. The van der Waals surface area contributed by atoms with Crippen molar-refractivity contribution in [2.24, 2.45) is 5.92 Å². The van der Waals surface area contributed by atoms with Crippen molar-refractivity contribution >= 4 is 28.7 Å². The maximum atomic E-state index is 12.0. The number of likely N-dealkylation sites (tertiary alicyclic amines) is 1. The molecule has 0 radical (unpaired) electrons. The summed E-state index contributed by atoms with van der Waals surface area (Å²) in [6.07, 6.45) is 13.5. The number of carbonyl (C=O) groups is 3. The van der Waals surface area contributed by atoms with Gasteiger partial charge in [0, 0.05) is 12.3 Å². The van der Waals surface area contributed by atoms with Gasteiger partial charge in [-0.25, -0.2) is 0 Å². The zero-order valence-corrected chi connectivity index (χ0v) is 15.1. The van der Waals surface area contributed by atoms with Crippen LogP contribution in [-0.2, 0) is 14.4 Å². The minimum absolute atomic E-state index is 0.222. The average Bonchev–Trinajstić information content (AvgIpc) is 2.76. The highest BCUT2D eigenvalue weighted by Crippen LogP contribution is 2.25. The molecule has 1 heterocycles. The van der Waals surface area contributed by atoms with E-state index < -0.39 is 5.24 Å². The van der Waals surface area contributed by atoms with Crippen LogP contribution in [0.3, 0.4) is 0 Å². The second-order valence-corrected chi connectivity index (χ2v) is 6.97. The molecular weight excluding hydrogens is 314 g/mol. The number of amides is 2. The highest BCUT2D eigenvalue weighted by molar-refractivity contribution is 6.64. The molecule has 1 unspecified atom stereocenters. The topological polar surface area (TPSA) is 54.5 Å². The molecule has 1 aliphatic heterocycles. The molecule has 132 valence electrons. The second-order valence-electron chi connectivity index (χ2n) is 6.54. The van der Waals surface area contributed by atoms with Gasteiger partial charge in [0.15, 0.2) is 0 Å². The van der Waals surface area contributed by atoms with Gasteiger partial charge in [-0.05, 0) is 18.0 Å². The molecule has 0 aromatic carbocycles. The lowest BCUT2D eigenvalue weighted by atomic mass is 9.98. The molecule has 1 fully saturated rings. The summed E-state index contributed by atoms with van der Waals surface area (Å²) < 4.78 is 0. The van der Waals surface area contributed by atoms with Gasteiger partial charge < -0.3 is 0 Å². The molecule has 4 nitrogen and oxygen atoms in total. The lowest BCUT2D eigenvalue weighted by Crippen LogP contribution is -2.34. The van der Waals surface area contributed by atoms with Gasteiger partial charge >= 0.3 is 0 Å². The molecule has 1 rings (SSSR count). The van der Waals surface area contributed by atoms with Gasteiger partial charge in [-0.1, -0.05) is 71.1 Å². The van der Waals surface area contributed by atoms with Crippen molar-refractivity contribution in [1.29, 1.82) is 0 Å². The molecule has 0 saturated carbocycles. The van der Waals surface area contributed by atoms with Crippen molar-refractivity contribution in [2.45, 2.75) is 84.0 Å². The second kappa shape index (κ2) is 11.6. The summed E-state index contributed by atoms with van der Waals surface area (Å²) in [4.78, 5) is 35.6. The van der Waals surface area contributed by atoms with Gasteiger partial charge in [0.2, 0.25) is 17.1 Å². The fraction of sp³-hybridized carbons (Fsp3) is 0.833. The Morgan fingerprint density at radius 2 is 1.52 bits per heavy atom. The van der Waals surface area contributed by atoms with E-state index in [4.69, 9.17) is 11.6 Å². The Labute approximate surface area is 144 Å². The van der Waals surface area contributed by atoms with Crippen molar-refractivity contribution in [3.8, 4) is 0 Å². The van der Waals surface area contributed by atoms with Crippen LogP contribution in [0.2, 0.25) is 0 Å². The van der Waals surface area contributed by atoms with Crippen LogP contribution in [0.1, 0.15) is 84.0 Å². The van der Waals surface area contributed by atoms with Gasteiger partial charge in [-0.2, -0.15) is 0 Å². The first-order chi connectivity index (χ1) is 11.1. The van der Waals surface area contributed by atoms with E-state index in [0.29, 0.717) is 0 Å². The normalized spacial score (nSPS) is 18.0. The first-order valence-corrected chi connectivity index (χ1v) is 9.46. The van der Waals surface area contributed by atoms with Crippen LogP contribution >= 0.6 is 11.6 Å². The van der Waals surface area contributed by atoms with Gasteiger partial charge in [0.05, 0.1) is 0 Å². The van der Waals surface area contributed by atoms with Crippen molar-refractivity contribution in [3.63, 3.8) is 0 Å². The van der Waals surface area contributed by atoms with Gasteiger partial charge in [-0.15, -0.1) is 0 Å². The minimum Gasteiger partial charge on any atom is -0.279 e. The van der Waals surface area contributed by atoms with Crippen LogP contribution in [0.4, 0.5) is 0 Å². The number of hydrogen-bond acceptors (Lipinski definition) is 3. The summed E-state index contributed by atoms with van der Waals surface area (Å²) in [5, 5.41) is -0.661. The molecule has 0 bridgehead atoms. The van der Waals surface area contributed by atoms with E-state index in [1.54, 1.807) is 0 Å². The van der Waals surface area contributed by atoms with Crippen molar-refractivity contribution in [2.75, 3.05) is 6.54 Å². The molecular formula is C18H30ClNO3. The number of halogens is 1. The molecule has 2 amide bonds. The zero-order valence-electron chi connectivity index (χ0n) is 14.3. The predicted octanol–water partition coefficient (Wildman–Crippen LogP) is 4.44. The number of rotatable bonds is 13. The van der Waals surface area contributed by atoms with Crippen LogP contribution in [-0.4, -0.2) is 28.5 Å². The van der Waals surface area contributed by atoms with E-state index in [2.05, 4.69) is 6.92 Å². The SMILES string of the molecule is CCCCCCCCCCCCC1CC(=O)N(CC(=O)Cl)C1=O. The Bertz CT molecular complexity index is 398. The number of hydrogen-bond donors (Lipinski definition) is 0. The molecule has 0 N–H and O–H groups in total. The first kappa shape index (κ1) is 20.1. The molecule has 5 heteroatoms. The lowest BCUT2D eigenvalue weighted by molar-refractivity contribution is -0.141. The number of nitrogens with zero attached hydrogens (tertiary/aromatic N) is 1. The fourth-order valence-corrected chi connectivity index (χ4v) is 3.27. The highest BCUT2D eigenvalue weighted by atomic mass is 35.5. The molecule has 1 atom stereocenters. The smallest absolute Gasteiger partial charge is 0.241 e. The quantitative estimate of drug-likeness (QED) is 0.282. The molecule has 1 aliphatic rings. The molecule has 0 aliphatic carbocycles. The van der Waals surface area contributed by atoms with E-state index >= 15 is 0 Å². The largest absolute Gasteiger partial charge is 0.279 e. The van der Waals surface area contributed by atoms with Gasteiger partial charge in [-0.3, -0.25) is 19.3 Å². The predicted molar refractivity (Wildman–Crippen MR) is 92.1 cm³/mol. The van der Waals surface area contributed by atoms with E-state index in [0.717, 1.165) is 24.2 Å². The number of imide groups is 1. The maximum Gasteiger partial charge on any atom is 0.241 e. The minimum atomic E-state index is -0.661. The Kier molecular flexibility index (Phi) is 10.2. The maximum absolute atomic E-state index is 12.0.